The van der Waals surface area contributed by atoms with Gasteiger partial charge in [0.05, 0.1) is 17.8 Å². The Labute approximate surface area is 166 Å². The maximum Gasteiger partial charge on any atom is 0.421 e. The summed E-state index contributed by atoms with van der Waals surface area (Å²) < 4.78 is 55.7. The van der Waals surface area contributed by atoms with Gasteiger partial charge in [0.15, 0.2) is 0 Å². The molecule has 2 aliphatic heterocycles. The Morgan fingerprint density at radius 2 is 2.07 bits per heavy atom. The second-order valence-electron chi connectivity index (χ2n) is 7.85. The van der Waals surface area contributed by atoms with E-state index in [1.54, 1.807) is 6.20 Å². The quantitative estimate of drug-likeness (QED) is 0.653. The topological polar surface area (TPSA) is 83.5 Å². The molecule has 1 saturated carbocycles. The van der Waals surface area contributed by atoms with Gasteiger partial charge < -0.3 is 10.6 Å². The minimum Gasteiger partial charge on any atom is -0.374 e. The molecule has 1 aromatic rings. The van der Waals surface area contributed by atoms with Crippen molar-refractivity contribution >= 4 is 6.21 Å². The summed E-state index contributed by atoms with van der Waals surface area (Å²) in [5.41, 5.74) is 5.62. The van der Waals surface area contributed by atoms with E-state index in [9.17, 15) is 17.6 Å². The van der Waals surface area contributed by atoms with Crippen LogP contribution in [0, 0.1) is 0 Å². The molecule has 1 aromatic heterocycles. The van der Waals surface area contributed by atoms with Crippen LogP contribution in [0.15, 0.2) is 28.8 Å². The highest BCUT2D eigenvalue weighted by atomic mass is 19.4. The number of allylic oxidation sites excluding steroid dienone is 1. The molecule has 1 unspecified atom stereocenters. The van der Waals surface area contributed by atoms with E-state index in [-0.39, 0.29) is 5.82 Å². The van der Waals surface area contributed by atoms with E-state index in [1.165, 1.54) is 24.3 Å². The van der Waals surface area contributed by atoms with E-state index in [1.807, 2.05) is 0 Å². The average Bonchev–Trinajstić information content (AvgIpc) is 3.10. The van der Waals surface area contributed by atoms with E-state index in [0.29, 0.717) is 30.8 Å². The van der Waals surface area contributed by atoms with Gasteiger partial charge in [-0.15, -0.1) is 0 Å². The molecule has 4 rings (SSSR count). The third kappa shape index (κ3) is 3.73. The van der Waals surface area contributed by atoms with Crippen molar-refractivity contribution in [1.82, 2.24) is 25.3 Å². The van der Waals surface area contributed by atoms with Gasteiger partial charge in [-0.05, 0) is 19.3 Å². The normalized spacial score (nSPS) is 31.5. The molecule has 3 aliphatic rings. The van der Waals surface area contributed by atoms with Crippen molar-refractivity contribution in [2.75, 3.05) is 20.1 Å². The third-order valence-corrected chi connectivity index (χ3v) is 6.05. The van der Waals surface area contributed by atoms with E-state index in [4.69, 9.17) is 5.73 Å². The Hall–Kier alpha value is -2.14. The number of nitrogens with one attached hydrogen (secondary N) is 2. The number of alkyl halides is 4. The molecule has 4 N–H and O–H groups in total. The number of aliphatic imine (C=N–C) groups is 1. The first kappa shape index (κ1) is 20.1. The maximum atomic E-state index is 14.8. The fraction of sp³-hybridized carbons (Fsp3) is 0.667. The van der Waals surface area contributed by atoms with Gasteiger partial charge in [-0.25, -0.2) is 9.38 Å². The molecule has 3 atom stereocenters. The van der Waals surface area contributed by atoms with Crippen LogP contribution in [0.5, 0.6) is 0 Å². The summed E-state index contributed by atoms with van der Waals surface area (Å²) in [4.78, 5) is 6.08. The van der Waals surface area contributed by atoms with Crippen molar-refractivity contribution in [1.29, 1.82) is 0 Å². The van der Waals surface area contributed by atoms with Crippen LogP contribution in [0.3, 0.4) is 0 Å². The predicted octanol–water partition coefficient (Wildman–Crippen LogP) is 1.76. The smallest absolute Gasteiger partial charge is 0.374 e. The van der Waals surface area contributed by atoms with Crippen LogP contribution in [0.25, 0.3) is 0 Å². The Morgan fingerprint density at radius 1 is 1.31 bits per heavy atom. The molecule has 160 valence electrons. The first-order chi connectivity index (χ1) is 13.7. The van der Waals surface area contributed by atoms with Gasteiger partial charge in [0.2, 0.25) is 5.79 Å². The Kier molecular flexibility index (Phi) is 5.06. The molecule has 7 nitrogen and oxygen atoms in total. The molecule has 29 heavy (non-hydrogen) atoms. The van der Waals surface area contributed by atoms with Crippen LogP contribution < -0.4 is 16.4 Å². The first-order valence-electron chi connectivity index (χ1n) is 9.75. The lowest BCUT2D eigenvalue weighted by Gasteiger charge is -2.43. The van der Waals surface area contributed by atoms with E-state index in [0.717, 1.165) is 19.4 Å². The SMILES string of the molecule is CNC1=C(C(F)(F)F)C=NC(N)(c2cnn([C@@H]3CCN(C4CCC4)C[C@H]3F)c2)N1. The van der Waals surface area contributed by atoms with E-state index in [2.05, 4.69) is 25.6 Å². The molecule has 1 aliphatic carbocycles. The lowest BCUT2D eigenvalue weighted by molar-refractivity contribution is -0.0875. The summed E-state index contributed by atoms with van der Waals surface area (Å²) >= 11 is 0. The molecule has 3 heterocycles. The fourth-order valence-electron chi connectivity index (χ4n) is 4.09. The molecule has 11 heteroatoms. The number of hydrogen-bond acceptors (Lipinski definition) is 6. The highest BCUT2D eigenvalue weighted by molar-refractivity contribution is 5.82. The number of piperidine rings is 1. The fourth-order valence-corrected chi connectivity index (χ4v) is 4.09. The molecule has 0 bridgehead atoms. The van der Waals surface area contributed by atoms with Crippen LogP contribution in [0.4, 0.5) is 17.6 Å². The monoisotopic (exact) mass is 415 g/mol. The average molecular weight is 415 g/mol. The van der Waals surface area contributed by atoms with Gasteiger partial charge in [-0.1, -0.05) is 6.42 Å². The molecule has 0 radical (unpaired) electrons. The van der Waals surface area contributed by atoms with Crippen LogP contribution in [0.2, 0.25) is 0 Å². The summed E-state index contributed by atoms with van der Waals surface area (Å²) in [5.74, 6) is -1.90. The number of likely N-dealkylation sites (tertiary alicyclic amines) is 1. The molecule has 0 amide bonds. The molecular formula is C18H25F4N7. The highest BCUT2D eigenvalue weighted by Gasteiger charge is 2.42. The number of nitrogens with zero attached hydrogens (tertiary/aromatic N) is 4. The Balaban J connectivity index is 1.49. The lowest BCUT2D eigenvalue weighted by Crippen LogP contribution is -2.53. The molecular weight excluding hydrogens is 390 g/mol. The van der Waals surface area contributed by atoms with Crippen LogP contribution in [-0.4, -0.2) is 59.4 Å². The zero-order chi connectivity index (χ0) is 20.8. The first-order valence-corrected chi connectivity index (χ1v) is 9.75. The van der Waals surface area contributed by atoms with Gasteiger partial charge >= 0.3 is 6.18 Å². The van der Waals surface area contributed by atoms with Gasteiger partial charge in [0.25, 0.3) is 0 Å². The number of nitrogens with two attached hydrogens (primary N) is 1. The second-order valence-corrected chi connectivity index (χ2v) is 7.85. The second kappa shape index (κ2) is 7.28. The Morgan fingerprint density at radius 3 is 2.66 bits per heavy atom. The number of halogens is 4. The van der Waals surface area contributed by atoms with Gasteiger partial charge in [-0.3, -0.25) is 15.3 Å². The van der Waals surface area contributed by atoms with E-state index < -0.39 is 29.7 Å². The molecule has 1 saturated heterocycles. The lowest BCUT2D eigenvalue weighted by atomic mass is 9.89. The van der Waals surface area contributed by atoms with Gasteiger partial charge in [0.1, 0.15) is 17.6 Å². The summed E-state index contributed by atoms with van der Waals surface area (Å²) in [6.07, 6.45) is 2.12. The number of rotatable bonds is 4. The minimum absolute atomic E-state index is 0.278. The molecule has 2 fully saturated rings. The number of aromatic nitrogens is 2. The third-order valence-electron chi connectivity index (χ3n) is 6.05. The van der Waals surface area contributed by atoms with Crippen molar-refractivity contribution in [2.45, 2.75) is 55.9 Å². The van der Waals surface area contributed by atoms with E-state index >= 15 is 0 Å². The Bertz CT molecular complexity index is 813. The zero-order valence-electron chi connectivity index (χ0n) is 16.1. The summed E-state index contributed by atoms with van der Waals surface area (Å²) in [6, 6.07) is 0.0614. The largest absolute Gasteiger partial charge is 0.421 e. The summed E-state index contributed by atoms with van der Waals surface area (Å²) in [7, 11) is 1.36. The van der Waals surface area contributed by atoms with Crippen molar-refractivity contribution in [3.05, 3.63) is 29.4 Å². The zero-order valence-corrected chi connectivity index (χ0v) is 16.1. The predicted molar refractivity (Wildman–Crippen MR) is 99.6 cm³/mol. The van der Waals surface area contributed by atoms with Crippen LogP contribution in [0.1, 0.15) is 37.3 Å². The molecule has 0 spiro atoms. The van der Waals surface area contributed by atoms with Crippen molar-refractivity contribution in [3.63, 3.8) is 0 Å². The van der Waals surface area contributed by atoms with Crippen molar-refractivity contribution < 1.29 is 17.6 Å². The van der Waals surface area contributed by atoms with Gasteiger partial charge in [-0.2, -0.15) is 18.3 Å². The summed E-state index contributed by atoms with van der Waals surface area (Å²) in [6.45, 7) is 1.17. The van der Waals surface area contributed by atoms with Crippen molar-refractivity contribution in [3.8, 4) is 0 Å². The minimum atomic E-state index is -4.57. The standard InChI is InChI=1S/C18H25F4N7/c1-24-16-13(17(20,21)22)8-25-18(23,27-16)11-7-26-29(9-11)15-5-6-28(10-14(15)19)12-3-2-4-12/h7-9,12,14-15,24,27H,2-6,10,23H2,1H3/t14-,15-,18?/m1/s1. The maximum absolute atomic E-state index is 14.8. The van der Waals surface area contributed by atoms with Crippen LogP contribution >= 0.6 is 0 Å². The van der Waals surface area contributed by atoms with Gasteiger partial charge in [0, 0.05) is 38.6 Å². The highest BCUT2D eigenvalue weighted by Crippen LogP contribution is 2.34. The molecule has 0 aromatic carbocycles. The number of hydrogen-bond donors (Lipinski definition) is 3. The van der Waals surface area contributed by atoms with Crippen molar-refractivity contribution in [2.24, 2.45) is 10.7 Å². The van der Waals surface area contributed by atoms with Crippen LogP contribution in [-0.2, 0) is 5.79 Å². The summed E-state index contributed by atoms with van der Waals surface area (Å²) in [5, 5.41) is 9.30.